The van der Waals surface area contributed by atoms with E-state index in [9.17, 15) is 10.1 Å². The molecule has 1 N–H and O–H groups in total. The molecule has 2 aromatic heterocycles. The van der Waals surface area contributed by atoms with E-state index in [1.165, 1.54) is 29.5 Å². The summed E-state index contributed by atoms with van der Waals surface area (Å²) in [6.07, 6.45) is 6.63. The summed E-state index contributed by atoms with van der Waals surface area (Å²) in [6, 6.07) is 10.4. The molecule has 1 aliphatic rings. The molecule has 0 fully saturated rings. The first kappa shape index (κ1) is 21.6. The van der Waals surface area contributed by atoms with Crippen LogP contribution in [0.1, 0.15) is 47.3 Å². The lowest BCUT2D eigenvalue weighted by atomic mass is 9.97. The zero-order valence-electron chi connectivity index (χ0n) is 17.8. The Bertz CT molecular complexity index is 1140. The van der Waals surface area contributed by atoms with Gasteiger partial charge in [-0.15, -0.1) is 21.5 Å². The van der Waals surface area contributed by atoms with Gasteiger partial charge in [-0.1, -0.05) is 48.4 Å². The number of fused-ring (bicyclic) bond motifs is 1. The van der Waals surface area contributed by atoms with Crippen LogP contribution in [0.5, 0.6) is 0 Å². The van der Waals surface area contributed by atoms with Gasteiger partial charge in [0.05, 0.1) is 11.3 Å². The summed E-state index contributed by atoms with van der Waals surface area (Å²) in [4.78, 5) is 13.9. The molecule has 8 heteroatoms. The van der Waals surface area contributed by atoms with Gasteiger partial charge in [0.25, 0.3) is 0 Å². The minimum absolute atomic E-state index is 0.129. The van der Waals surface area contributed by atoms with Gasteiger partial charge in [0.15, 0.2) is 11.0 Å². The van der Waals surface area contributed by atoms with Crippen molar-refractivity contribution in [3.05, 3.63) is 45.8 Å². The van der Waals surface area contributed by atoms with Crippen LogP contribution in [0.25, 0.3) is 11.4 Å². The first-order chi connectivity index (χ1) is 15.1. The van der Waals surface area contributed by atoms with Gasteiger partial charge in [-0.05, 0) is 44.2 Å². The number of amides is 1. The zero-order chi connectivity index (χ0) is 21.8. The average molecular weight is 452 g/mol. The SMILES string of the molecule is Cc1cccc(-c2nnc(SCC(=O)Nc3sc4c(c3C#N)CCCCCC4)n2C)c1. The summed E-state index contributed by atoms with van der Waals surface area (Å²) >= 11 is 2.92. The quantitative estimate of drug-likeness (QED) is 0.545. The highest BCUT2D eigenvalue weighted by atomic mass is 32.2. The Morgan fingerprint density at radius 1 is 1.26 bits per heavy atom. The number of hydrogen-bond donors (Lipinski definition) is 1. The fourth-order valence-electron chi connectivity index (χ4n) is 3.89. The van der Waals surface area contributed by atoms with Gasteiger partial charge >= 0.3 is 0 Å². The predicted octanol–water partition coefficient (Wildman–Crippen LogP) is 5.11. The van der Waals surface area contributed by atoms with Gasteiger partial charge in [0.1, 0.15) is 11.1 Å². The van der Waals surface area contributed by atoms with Crippen LogP contribution in [0.2, 0.25) is 0 Å². The second-order valence-corrected chi connectivity index (χ2v) is 9.85. The van der Waals surface area contributed by atoms with E-state index in [-0.39, 0.29) is 11.7 Å². The molecule has 31 heavy (non-hydrogen) atoms. The zero-order valence-corrected chi connectivity index (χ0v) is 19.4. The molecule has 0 radical (unpaired) electrons. The lowest BCUT2D eigenvalue weighted by Crippen LogP contribution is -2.14. The summed E-state index contributed by atoms with van der Waals surface area (Å²) < 4.78 is 1.91. The largest absolute Gasteiger partial charge is 0.316 e. The first-order valence-electron chi connectivity index (χ1n) is 10.5. The normalized spacial score (nSPS) is 13.7. The van der Waals surface area contributed by atoms with E-state index in [1.54, 1.807) is 11.3 Å². The van der Waals surface area contributed by atoms with E-state index in [1.807, 2.05) is 36.7 Å². The fourth-order valence-corrected chi connectivity index (χ4v) is 5.86. The lowest BCUT2D eigenvalue weighted by molar-refractivity contribution is -0.113. The molecular weight excluding hydrogens is 426 g/mol. The number of nitrogens with one attached hydrogen (secondary N) is 1. The molecule has 1 aliphatic carbocycles. The van der Waals surface area contributed by atoms with Crippen LogP contribution < -0.4 is 5.32 Å². The van der Waals surface area contributed by atoms with Crippen LogP contribution in [-0.2, 0) is 24.7 Å². The number of carbonyl (C=O) groups excluding carboxylic acids is 1. The number of hydrogen-bond acceptors (Lipinski definition) is 6. The highest BCUT2D eigenvalue weighted by Gasteiger charge is 2.21. The molecule has 4 rings (SSSR count). The minimum atomic E-state index is -0.129. The highest BCUT2D eigenvalue weighted by Crippen LogP contribution is 2.36. The maximum absolute atomic E-state index is 12.6. The molecule has 160 valence electrons. The third-order valence-corrected chi connectivity index (χ3v) is 7.71. The summed E-state index contributed by atoms with van der Waals surface area (Å²) in [5, 5.41) is 22.6. The van der Waals surface area contributed by atoms with Crippen molar-refractivity contribution in [2.24, 2.45) is 7.05 Å². The number of nitriles is 1. The van der Waals surface area contributed by atoms with Gasteiger partial charge < -0.3 is 9.88 Å². The maximum atomic E-state index is 12.6. The van der Waals surface area contributed by atoms with Crippen molar-refractivity contribution in [1.82, 2.24) is 14.8 Å². The van der Waals surface area contributed by atoms with E-state index in [0.29, 0.717) is 15.7 Å². The number of carbonyl (C=O) groups is 1. The highest BCUT2D eigenvalue weighted by molar-refractivity contribution is 7.99. The van der Waals surface area contributed by atoms with E-state index in [2.05, 4.69) is 27.6 Å². The number of anilines is 1. The number of thiophene rings is 1. The number of aryl methyl sites for hydroxylation is 2. The molecule has 0 saturated heterocycles. The van der Waals surface area contributed by atoms with E-state index < -0.39 is 0 Å². The number of rotatable bonds is 5. The molecular formula is C23H25N5OS2. The van der Waals surface area contributed by atoms with Crippen molar-refractivity contribution in [3.8, 4) is 17.5 Å². The molecule has 0 atom stereocenters. The van der Waals surface area contributed by atoms with Gasteiger partial charge in [-0.2, -0.15) is 5.26 Å². The van der Waals surface area contributed by atoms with Gasteiger partial charge in [0, 0.05) is 17.5 Å². The number of nitrogens with zero attached hydrogens (tertiary/aromatic N) is 4. The smallest absolute Gasteiger partial charge is 0.235 e. The van der Waals surface area contributed by atoms with Gasteiger partial charge in [-0.25, -0.2) is 0 Å². The molecule has 0 aliphatic heterocycles. The van der Waals surface area contributed by atoms with Crippen molar-refractivity contribution in [3.63, 3.8) is 0 Å². The van der Waals surface area contributed by atoms with Gasteiger partial charge in [-0.3, -0.25) is 4.79 Å². The van der Waals surface area contributed by atoms with Crippen molar-refractivity contribution in [2.75, 3.05) is 11.1 Å². The minimum Gasteiger partial charge on any atom is -0.316 e. The fraction of sp³-hybridized carbons (Fsp3) is 0.391. The Morgan fingerprint density at radius 2 is 2.06 bits per heavy atom. The molecule has 2 heterocycles. The van der Waals surface area contributed by atoms with Crippen molar-refractivity contribution in [1.29, 1.82) is 5.26 Å². The molecule has 0 bridgehead atoms. The second kappa shape index (κ2) is 9.67. The Labute approximate surface area is 190 Å². The Morgan fingerprint density at radius 3 is 2.84 bits per heavy atom. The van der Waals surface area contributed by atoms with Crippen LogP contribution in [0.15, 0.2) is 29.4 Å². The maximum Gasteiger partial charge on any atom is 0.235 e. The molecule has 0 saturated carbocycles. The molecule has 1 amide bonds. The summed E-state index contributed by atoms with van der Waals surface area (Å²) in [6.45, 7) is 2.04. The van der Waals surface area contributed by atoms with Crippen molar-refractivity contribution in [2.45, 2.75) is 50.6 Å². The molecule has 3 aromatic rings. The Balaban J connectivity index is 1.44. The molecule has 0 spiro atoms. The second-order valence-electron chi connectivity index (χ2n) is 7.81. The summed E-state index contributed by atoms with van der Waals surface area (Å²) in [5.41, 5.74) is 3.96. The van der Waals surface area contributed by atoms with Crippen LogP contribution in [0.4, 0.5) is 5.00 Å². The molecule has 0 unspecified atom stereocenters. The Hall–Kier alpha value is -2.63. The third-order valence-electron chi connectivity index (χ3n) is 5.48. The van der Waals surface area contributed by atoms with Crippen LogP contribution >= 0.6 is 23.1 Å². The van der Waals surface area contributed by atoms with Crippen molar-refractivity contribution >= 4 is 34.0 Å². The number of benzene rings is 1. The predicted molar refractivity (Wildman–Crippen MR) is 125 cm³/mol. The van der Waals surface area contributed by atoms with E-state index in [0.717, 1.165) is 48.2 Å². The standard InChI is InChI=1S/C23H25N5OS2/c1-15-8-7-9-16(12-15)21-26-27-23(28(21)2)30-14-20(29)25-22-18(13-24)17-10-5-3-4-6-11-19(17)31-22/h7-9,12H,3-6,10-11,14H2,1-2H3,(H,25,29). The summed E-state index contributed by atoms with van der Waals surface area (Å²) in [5.74, 6) is 0.861. The lowest BCUT2D eigenvalue weighted by Gasteiger charge is -2.08. The summed E-state index contributed by atoms with van der Waals surface area (Å²) in [7, 11) is 1.91. The number of aromatic nitrogens is 3. The molecule has 1 aromatic carbocycles. The monoisotopic (exact) mass is 451 g/mol. The molecule has 6 nitrogen and oxygen atoms in total. The van der Waals surface area contributed by atoms with Crippen LogP contribution in [0, 0.1) is 18.3 Å². The van der Waals surface area contributed by atoms with E-state index in [4.69, 9.17) is 0 Å². The van der Waals surface area contributed by atoms with E-state index >= 15 is 0 Å². The van der Waals surface area contributed by atoms with Crippen LogP contribution in [0.3, 0.4) is 0 Å². The topological polar surface area (TPSA) is 83.6 Å². The van der Waals surface area contributed by atoms with Crippen molar-refractivity contribution < 1.29 is 4.79 Å². The first-order valence-corrected chi connectivity index (χ1v) is 12.3. The third kappa shape index (κ3) is 4.83. The average Bonchev–Trinajstić information content (AvgIpc) is 3.25. The number of thioether (sulfide) groups is 1. The Kier molecular flexibility index (Phi) is 6.73. The van der Waals surface area contributed by atoms with Crippen LogP contribution in [-0.4, -0.2) is 26.4 Å². The van der Waals surface area contributed by atoms with Gasteiger partial charge in [0.2, 0.25) is 5.91 Å².